The van der Waals surface area contributed by atoms with Crippen molar-refractivity contribution in [3.05, 3.63) is 35.9 Å². The first-order chi connectivity index (χ1) is 16.3. The highest BCUT2D eigenvalue weighted by Gasteiger charge is 2.55. The molecule has 3 aromatic heterocycles. The minimum absolute atomic E-state index is 0.0223. The number of hydrogen-bond acceptors (Lipinski definition) is 5. The van der Waals surface area contributed by atoms with E-state index in [0.29, 0.717) is 18.7 Å². The molecule has 0 aromatic carbocycles. The van der Waals surface area contributed by atoms with Gasteiger partial charge in [-0.15, -0.1) is 0 Å². The SMILES string of the molecule is CN(C(=O)Nc1cc(C(C)(C)C(F)(F)F)no1)C1CC2(C1)CN(C(=O)c1cnn3ccn(C)c13)C2. The zero-order chi connectivity index (χ0) is 25.3. The largest absolute Gasteiger partial charge is 0.399 e. The van der Waals surface area contributed by atoms with E-state index in [1.807, 2.05) is 17.8 Å². The third-order valence-corrected chi connectivity index (χ3v) is 7.40. The van der Waals surface area contributed by atoms with Gasteiger partial charge in [-0.2, -0.15) is 18.3 Å². The monoisotopic (exact) mass is 493 g/mol. The Labute approximate surface area is 198 Å². The zero-order valence-electron chi connectivity index (χ0n) is 19.8. The number of rotatable bonds is 4. The Balaban J connectivity index is 1.14. The van der Waals surface area contributed by atoms with Gasteiger partial charge in [0.15, 0.2) is 0 Å². The van der Waals surface area contributed by atoms with Crippen LogP contribution in [-0.2, 0) is 12.5 Å². The first-order valence-electron chi connectivity index (χ1n) is 11.2. The van der Waals surface area contributed by atoms with Gasteiger partial charge in [-0.25, -0.2) is 9.31 Å². The van der Waals surface area contributed by atoms with Crippen molar-refractivity contribution in [1.82, 2.24) is 29.1 Å². The molecule has 3 amide bonds. The molecule has 2 fully saturated rings. The lowest BCUT2D eigenvalue weighted by Gasteiger charge is -2.60. The summed E-state index contributed by atoms with van der Waals surface area (Å²) in [6.45, 7) is 3.21. The molecule has 188 valence electrons. The molecule has 1 spiro atoms. The van der Waals surface area contributed by atoms with Crippen LogP contribution < -0.4 is 5.32 Å². The Morgan fingerprint density at radius 3 is 2.57 bits per heavy atom. The average molecular weight is 493 g/mol. The number of hydrogen-bond donors (Lipinski definition) is 1. The second-order valence-electron chi connectivity index (χ2n) is 10.2. The summed E-state index contributed by atoms with van der Waals surface area (Å²) in [6.07, 6.45) is 2.16. The highest BCUT2D eigenvalue weighted by atomic mass is 19.4. The fourth-order valence-corrected chi connectivity index (χ4v) is 4.88. The number of aromatic nitrogens is 4. The number of amides is 3. The molecule has 1 aliphatic heterocycles. The van der Waals surface area contributed by atoms with Crippen molar-refractivity contribution in [2.45, 2.75) is 44.3 Å². The van der Waals surface area contributed by atoms with E-state index in [9.17, 15) is 22.8 Å². The molecule has 5 rings (SSSR count). The number of nitrogens with one attached hydrogen (secondary N) is 1. The lowest BCUT2D eigenvalue weighted by molar-refractivity contribution is -0.181. The molecule has 0 radical (unpaired) electrons. The number of nitrogens with zero attached hydrogens (tertiary/aromatic N) is 6. The molecule has 1 N–H and O–H groups in total. The Morgan fingerprint density at radius 2 is 1.91 bits per heavy atom. The van der Waals surface area contributed by atoms with Crippen molar-refractivity contribution in [3.63, 3.8) is 0 Å². The first kappa shape index (κ1) is 23.2. The number of imidazole rings is 1. The number of likely N-dealkylation sites (tertiary alicyclic amines) is 1. The summed E-state index contributed by atoms with van der Waals surface area (Å²) in [7, 11) is 3.49. The van der Waals surface area contributed by atoms with Crippen LogP contribution in [0.25, 0.3) is 5.65 Å². The lowest BCUT2D eigenvalue weighted by atomic mass is 9.60. The van der Waals surface area contributed by atoms with Crippen LogP contribution in [0.3, 0.4) is 0 Å². The quantitative estimate of drug-likeness (QED) is 0.601. The van der Waals surface area contributed by atoms with Gasteiger partial charge in [0.2, 0.25) is 5.88 Å². The molecular formula is C22H26F3N7O3. The number of carbonyl (C=O) groups is 2. The third kappa shape index (κ3) is 3.64. The van der Waals surface area contributed by atoms with Crippen LogP contribution in [0.5, 0.6) is 0 Å². The number of alkyl halides is 3. The van der Waals surface area contributed by atoms with Gasteiger partial charge in [-0.1, -0.05) is 5.16 Å². The van der Waals surface area contributed by atoms with Gasteiger partial charge in [0.25, 0.3) is 5.91 Å². The van der Waals surface area contributed by atoms with E-state index in [1.165, 1.54) is 4.90 Å². The van der Waals surface area contributed by atoms with E-state index >= 15 is 0 Å². The summed E-state index contributed by atoms with van der Waals surface area (Å²) >= 11 is 0. The normalized spacial score (nSPS) is 18.0. The van der Waals surface area contributed by atoms with E-state index in [2.05, 4.69) is 15.6 Å². The number of fused-ring (bicyclic) bond motifs is 1. The summed E-state index contributed by atoms with van der Waals surface area (Å²) < 4.78 is 48.1. The number of anilines is 1. The maximum atomic E-state index is 13.2. The Morgan fingerprint density at radius 1 is 1.23 bits per heavy atom. The molecular weight excluding hydrogens is 467 g/mol. The van der Waals surface area contributed by atoms with Crippen molar-refractivity contribution < 1.29 is 27.3 Å². The van der Waals surface area contributed by atoms with Crippen molar-refractivity contribution in [1.29, 1.82) is 0 Å². The van der Waals surface area contributed by atoms with Crippen LogP contribution in [0.15, 0.2) is 29.2 Å². The molecule has 1 saturated heterocycles. The topological polar surface area (TPSA) is 101 Å². The van der Waals surface area contributed by atoms with E-state index in [1.54, 1.807) is 28.9 Å². The summed E-state index contributed by atoms with van der Waals surface area (Å²) in [6, 6.07) is 0.560. The van der Waals surface area contributed by atoms with E-state index in [0.717, 1.165) is 38.4 Å². The van der Waals surface area contributed by atoms with Gasteiger partial charge < -0.3 is 18.9 Å². The molecule has 0 atom stereocenters. The summed E-state index contributed by atoms with van der Waals surface area (Å²) in [4.78, 5) is 28.8. The summed E-state index contributed by atoms with van der Waals surface area (Å²) in [5.74, 6) is -0.207. The van der Waals surface area contributed by atoms with Gasteiger partial charge in [-0.3, -0.25) is 10.1 Å². The maximum Gasteiger partial charge on any atom is 0.399 e. The molecule has 3 aromatic rings. The van der Waals surface area contributed by atoms with Crippen molar-refractivity contribution in [2.75, 3.05) is 25.5 Å². The fraction of sp³-hybridized carbons (Fsp3) is 0.545. The van der Waals surface area contributed by atoms with Gasteiger partial charge in [-0.05, 0) is 26.7 Å². The van der Waals surface area contributed by atoms with Crippen LogP contribution in [0.4, 0.5) is 23.8 Å². The molecule has 35 heavy (non-hydrogen) atoms. The molecule has 1 saturated carbocycles. The molecule has 2 aliphatic rings. The number of aryl methyl sites for hydroxylation is 1. The number of urea groups is 1. The molecule has 4 heterocycles. The fourth-order valence-electron chi connectivity index (χ4n) is 4.88. The van der Waals surface area contributed by atoms with Crippen LogP contribution in [0.1, 0.15) is 42.7 Å². The Hall–Kier alpha value is -3.51. The smallest absolute Gasteiger partial charge is 0.338 e. The van der Waals surface area contributed by atoms with Gasteiger partial charge >= 0.3 is 12.2 Å². The van der Waals surface area contributed by atoms with Crippen LogP contribution in [-0.4, -0.2) is 73.4 Å². The van der Waals surface area contributed by atoms with Gasteiger partial charge in [0, 0.05) is 57.1 Å². The molecule has 0 unspecified atom stereocenters. The lowest BCUT2D eigenvalue weighted by Crippen LogP contribution is -2.67. The van der Waals surface area contributed by atoms with E-state index in [4.69, 9.17) is 4.52 Å². The molecule has 0 bridgehead atoms. The van der Waals surface area contributed by atoms with Gasteiger partial charge in [0.05, 0.1) is 6.20 Å². The zero-order valence-corrected chi connectivity index (χ0v) is 19.8. The number of carbonyl (C=O) groups excluding carboxylic acids is 2. The van der Waals surface area contributed by atoms with Crippen molar-refractivity contribution in [2.24, 2.45) is 12.5 Å². The third-order valence-electron chi connectivity index (χ3n) is 7.40. The Bertz CT molecular complexity index is 1290. The van der Waals surface area contributed by atoms with Crippen LogP contribution >= 0.6 is 0 Å². The first-order valence-corrected chi connectivity index (χ1v) is 11.2. The van der Waals surface area contributed by atoms with Crippen LogP contribution in [0, 0.1) is 5.41 Å². The van der Waals surface area contributed by atoms with E-state index in [-0.39, 0.29) is 28.9 Å². The summed E-state index contributed by atoms with van der Waals surface area (Å²) in [5, 5.41) is 10.2. The van der Waals surface area contributed by atoms with Crippen LogP contribution in [0.2, 0.25) is 0 Å². The average Bonchev–Trinajstić information content (AvgIpc) is 3.43. The standard InChI is InChI=1S/C22H26F3N7O3/c1-20(2,22(23,24)25)15-7-16(35-28-15)27-19(34)30(4)13-8-21(9-13)11-31(12-21)18(33)14-10-26-32-6-5-29(3)17(14)32/h5-7,10,13H,8-9,11-12H2,1-4H3,(H,27,34). The van der Waals surface area contributed by atoms with E-state index < -0.39 is 17.6 Å². The predicted octanol–water partition coefficient (Wildman–Crippen LogP) is 3.27. The second-order valence-corrected chi connectivity index (χ2v) is 10.2. The second kappa shape index (κ2) is 7.49. The highest BCUT2D eigenvalue weighted by molar-refractivity contribution is 6.00. The minimum Gasteiger partial charge on any atom is -0.338 e. The highest BCUT2D eigenvalue weighted by Crippen LogP contribution is 2.50. The van der Waals surface area contributed by atoms with Crippen molar-refractivity contribution >= 4 is 23.5 Å². The Kier molecular flexibility index (Phi) is 4.98. The number of halogens is 3. The molecule has 10 nitrogen and oxygen atoms in total. The summed E-state index contributed by atoms with van der Waals surface area (Å²) in [5.41, 5.74) is -1.24. The minimum atomic E-state index is -4.51. The maximum absolute atomic E-state index is 13.2. The molecule has 13 heteroatoms. The predicted molar refractivity (Wildman–Crippen MR) is 118 cm³/mol. The van der Waals surface area contributed by atoms with Gasteiger partial charge in [0.1, 0.15) is 22.3 Å². The van der Waals surface area contributed by atoms with Crippen molar-refractivity contribution in [3.8, 4) is 0 Å². The molecule has 1 aliphatic carbocycles.